The van der Waals surface area contributed by atoms with Gasteiger partial charge in [0.1, 0.15) is 11.6 Å². The quantitative estimate of drug-likeness (QED) is 0.458. The standard InChI is InChI=1S/C28H36FNO3S/c1-5-34(4,32)30-27(31)28(2,3)20-16-17-25(33-21-12-6-7-13-21)23(18-20)22-14-9-15-24(29)26(22)19-10-8-11-19/h9,14-19,21H,4-8,10-13H2,1-3H3,(H,30,31,32). The Kier molecular flexibility index (Phi) is 7.09. The summed E-state index contributed by atoms with van der Waals surface area (Å²) < 4.78 is 36.6. The molecule has 0 aromatic heterocycles. The number of hydrogen-bond donors (Lipinski definition) is 1. The Balaban J connectivity index is 1.80. The predicted octanol–water partition coefficient (Wildman–Crippen LogP) is 6.13. The molecule has 0 saturated heterocycles. The highest BCUT2D eigenvalue weighted by molar-refractivity contribution is 7.98. The van der Waals surface area contributed by atoms with Gasteiger partial charge < -0.3 is 4.74 Å². The Morgan fingerprint density at radius 1 is 1.12 bits per heavy atom. The minimum atomic E-state index is -2.69. The van der Waals surface area contributed by atoms with Crippen LogP contribution in [0.4, 0.5) is 4.39 Å². The summed E-state index contributed by atoms with van der Waals surface area (Å²) in [4.78, 5) is 13.1. The molecule has 6 heteroatoms. The van der Waals surface area contributed by atoms with E-state index in [4.69, 9.17) is 4.74 Å². The maximum absolute atomic E-state index is 15.1. The fraction of sp³-hybridized carbons (Fsp3) is 0.500. The second-order valence-electron chi connectivity index (χ2n) is 10.2. The molecule has 2 aromatic rings. The highest BCUT2D eigenvalue weighted by Crippen LogP contribution is 2.45. The van der Waals surface area contributed by atoms with Crippen molar-refractivity contribution < 1.29 is 18.1 Å². The molecule has 34 heavy (non-hydrogen) atoms. The van der Waals surface area contributed by atoms with Crippen molar-refractivity contribution in [2.24, 2.45) is 0 Å². The molecule has 2 fully saturated rings. The van der Waals surface area contributed by atoms with Crippen molar-refractivity contribution in [3.8, 4) is 16.9 Å². The topological polar surface area (TPSA) is 55.4 Å². The average molecular weight is 486 g/mol. The van der Waals surface area contributed by atoms with Crippen molar-refractivity contribution in [3.63, 3.8) is 0 Å². The summed E-state index contributed by atoms with van der Waals surface area (Å²) in [5.74, 6) is 4.33. The number of rotatable bonds is 8. The van der Waals surface area contributed by atoms with Gasteiger partial charge in [0.25, 0.3) is 0 Å². The average Bonchev–Trinajstić information content (AvgIpc) is 3.27. The normalized spacial score (nSPS) is 18.8. The van der Waals surface area contributed by atoms with Crippen molar-refractivity contribution in [3.05, 3.63) is 53.3 Å². The Morgan fingerprint density at radius 3 is 2.44 bits per heavy atom. The van der Waals surface area contributed by atoms with Crippen molar-refractivity contribution in [2.75, 3.05) is 5.75 Å². The Labute approximate surface area is 203 Å². The van der Waals surface area contributed by atoms with Gasteiger partial charge in [-0.2, -0.15) is 0 Å². The van der Waals surface area contributed by atoms with Gasteiger partial charge in [-0.25, -0.2) is 8.60 Å². The largest absolute Gasteiger partial charge is 0.490 e. The first-order valence-electron chi connectivity index (χ1n) is 12.4. The number of carbonyl (C=O) groups excluding carboxylic acids is 1. The Bertz CT molecular complexity index is 1160. The predicted molar refractivity (Wildman–Crippen MR) is 138 cm³/mol. The van der Waals surface area contributed by atoms with Crippen LogP contribution in [0.25, 0.3) is 11.1 Å². The fourth-order valence-electron chi connectivity index (χ4n) is 4.80. The summed E-state index contributed by atoms with van der Waals surface area (Å²) in [5, 5.41) is 0. The molecule has 1 atom stereocenters. The van der Waals surface area contributed by atoms with Gasteiger partial charge in [0.2, 0.25) is 5.91 Å². The monoisotopic (exact) mass is 485 g/mol. The number of carbonyl (C=O) groups is 1. The summed E-state index contributed by atoms with van der Waals surface area (Å²) in [7, 11) is -2.69. The van der Waals surface area contributed by atoms with Gasteiger partial charge in [0, 0.05) is 21.0 Å². The van der Waals surface area contributed by atoms with Crippen molar-refractivity contribution in [2.45, 2.75) is 83.2 Å². The molecular weight excluding hydrogens is 449 g/mol. The van der Waals surface area contributed by atoms with E-state index < -0.39 is 15.1 Å². The van der Waals surface area contributed by atoms with E-state index in [-0.39, 0.29) is 29.5 Å². The van der Waals surface area contributed by atoms with Crippen LogP contribution in [-0.2, 0) is 19.9 Å². The van der Waals surface area contributed by atoms with E-state index in [0.717, 1.165) is 72.9 Å². The molecule has 4 nitrogen and oxygen atoms in total. The van der Waals surface area contributed by atoms with Crippen molar-refractivity contribution in [1.29, 1.82) is 0 Å². The lowest BCUT2D eigenvalue weighted by Crippen LogP contribution is -2.43. The van der Waals surface area contributed by atoms with Gasteiger partial charge in [0.05, 0.1) is 11.5 Å². The number of ether oxygens (including phenoxy) is 1. The molecule has 1 N–H and O–H groups in total. The molecule has 0 aliphatic heterocycles. The van der Waals surface area contributed by atoms with E-state index in [1.165, 1.54) is 6.07 Å². The van der Waals surface area contributed by atoms with E-state index in [0.29, 0.717) is 0 Å². The third kappa shape index (κ3) is 5.02. The first kappa shape index (κ1) is 24.8. The van der Waals surface area contributed by atoms with Crippen LogP contribution >= 0.6 is 0 Å². The molecule has 1 amide bonds. The molecular formula is C28H36FNO3S. The maximum atomic E-state index is 15.1. The number of amides is 1. The summed E-state index contributed by atoms with van der Waals surface area (Å²) in [6, 6.07) is 11.0. The number of nitrogens with one attached hydrogen (secondary N) is 1. The molecule has 2 aromatic carbocycles. The fourth-order valence-corrected chi connectivity index (χ4v) is 5.54. The molecule has 184 valence electrons. The van der Waals surface area contributed by atoms with Gasteiger partial charge in [-0.3, -0.25) is 9.52 Å². The summed E-state index contributed by atoms with van der Waals surface area (Å²) >= 11 is 0. The second kappa shape index (κ2) is 9.73. The zero-order valence-electron chi connectivity index (χ0n) is 20.5. The molecule has 1 unspecified atom stereocenters. The Hall–Kier alpha value is -2.34. The van der Waals surface area contributed by atoms with Crippen LogP contribution in [0.1, 0.15) is 82.8 Å². The number of hydrogen-bond acceptors (Lipinski definition) is 3. The molecule has 2 aliphatic rings. The van der Waals surface area contributed by atoms with Crippen LogP contribution in [0.15, 0.2) is 36.4 Å². The number of benzene rings is 2. The molecule has 2 saturated carbocycles. The van der Waals surface area contributed by atoms with E-state index >= 15 is 4.39 Å². The first-order valence-corrected chi connectivity index (χ1v) is 14.3. The zero-order chi connectivity index (χ0) is 24.5. The summed E-state index contributed by atoms with van der Waals surface area (Å²) in [6.07, 6.45) is 7.57. The second-order valence-corrected chi connectivity index (χ2v) is 12.6. The highest BCUT2D eigenvalue weighted by Gasteiger charge is 2.33. The SMILES string of the molecule is C=S(=O)(CC)NC(=O)C(C)(C)c1ccc(OC2CCCC2)c(-c2cccc(F)c2C2CCC2)c1. The lowest BCUT2D eigenvalue weighted by atomic mass is 9.76. The van der Waals surface area contributed by atoms with E-state index in [2.05, 4.69) is 10.6 Å². The summed E-state index contributed by atoms with van der Waals surface area (Å²) in [6.45, 7) is 5.35. The van der Waals surface area contributed by atoms with Crippen LogP contribution in [0.2, 0.25) is 0 Å². The molecule has 0 spiro atoms. The van der Waals surface area contributed by atoms with Crippen LogP contribution in [0.5, 0.6) is 5.75 Å². The van der Waals surface area contributed by atoms with Crippen LogP contribution < -0.4 is 9.46 Å². The van der Waals surface area contributed by atoms with Crippen LogP contribution in [-0.4, -0.2) is 27.8 Å². The van der Waals surface area contributed by atoms with Gasteiger partial charge in [-0.05, 0) is 99.1 Å². The van der Waals surface area contributed by atoms with E-state index in [1.54, 1.807) is 13.0 Å². The zero-order valence-corrected chi connectivity index (χ0v) is 21.3. The maximum Gasteiger partial charge on any atom is 0.241 e. The van der Waals surface area contributed by atoms with E-state index in [1.807, 2.05) is 38.1 Å². The van der Waals surface area contributed by atoms with Gasteiger partial charge in [0.15, 0.2) is 0 Å². The minimum Gasteiger partial charge on any atom is -0.490 e. The lowest BCUT2D eigenvalue weighted by molar-refractivity contribution is -0.123. The van der Waals surface area contributed by atoms with Crippen LogP contribution in [0.3, 0.4) is 0 Å². The molecule has 0 radical (unpaired) electrons. The highest BCUT2D eigenvalue weighted by atomic mass is 32.2. The van der Waals surface area contributed by atoms with Crippen molar-refractivity contribution >= 4 is 21.5 Å². The van der Waals surface area contributed by atoms with E-state index in [9.17, 15) is 9.00 Å². The van der Waals surface area contributed by atoms with Crippen molar-refractivity contribution in [1.82, 2.24) is 4.72 Å². The number of halogens is 1. The molecule has 0 heterocycles. The third-order valence-corrected chi connectivity index (χ3v) is 8.96. The first-order chi connectivity index (χ1) is 16.1. The smallest absolute Gasteiger partial charge is 0.241 e. The van der Waals surface area contributed by atoms with Gasteiger partial charge in [-0.15, -0.1) is 0 Å². The summed E-state index contributed by atoms with van der Waals surface area (Å²) in [5.41, 5.74) is 2.20. The molecule has 2 aliphatic carbocycles. The van der Waals surface area contributed by atoms with Gasteiger partial charge in [-0.1, -0.05) is 31.5 Å². The van der Waals surface area contributed by atoms with Gasteiger partial charge >= 0.3 is 0 Å². The Morgan fingerprint density at radius 2 is 1.82 bits per heavy atom. The molecule has 0 bridgehead atoms. The van der Waals surface area contributed by atoms with Crippen LogP contribution in [0, 0.1) is 5.82 Å². The lowest BCUT2D eigenvalue weighted by Gasteiger charge is -2.30. The minimum absolute atomic E-state index is 0.155. The third-order valence-electron chi connectivity index (χ3n) is 7.47. The molecule has 4 rings (SSSR count).